The van der Waals surface area contributed by atoms with E-state index in [1.165, 1.54) is 6.20 Å². The lowest BCUT2D eigenvalue weighted by Gasteiger charge is -2.49. The third-order valence-electron chi connectivity index (χ3n) is 7.16. The Hall–Kier alpha value is -3.15. The molecule has 0 amide bonds. The molecule has 3 aliphatic rings. The van der Waals surface area contributed by atoms with Crippen LogP contribution in [0.25, 0.3) is 11.3 Å². The minimum Gasteiger partial charge on any atom is -0.377 e. The van der Waals surface area contributed by atoms with Crippen molar-refractivity contribution < 1.29 is 17.9 Å². The van der Waals surface area contributed by atoms with Crippen molar-refractivity contribution >= 4 is 22.8 Å². The van der Waals surface area contributed by atoms with Crippen molar-refractivity contribution in [3.63, 3.8) is 0 Å². The lowest BCUT2D eigenvalue weighted by atomic mass is 9.79. The summed E-state index contributed by atoms with van der Waals surface area (Å²) in [6.45, 7) is 6.27. The summed E-state index contributed by atoms with van der Waals surface area (Å²) in [5.74, 6) is 0.716. The molecular formula is C22H24F3N7O2. The highest BCUT2D eigenvalue weighted by Gasteiger charge is 2.48. The van der Waals surface area contributed by atoms with Crippen LogP contribution >= 0.6 is 0 Å². The number of rotatable bonds is 4. The molecule has 0 aromatic carbocycles. The molecule has 3 fully saturated rings. The number of fused-ring (bicyclic) bond motifs is 1. The molecule has 9 nitrogen and oxygen atoms in total. The van der Waals surface area contributed by atoms with Crippen molar-refractivity contribution in [3.8, 4) is 0 Å². The molecule has 0 N–H and O–H groups in total. The van der Waals surface area contributed by atoms with Gasteiger partial charge >= 0.3 is 11.9 Å². The molecule has 0 saturated carbocycles. The number of aromatic nitrogens is 5. The normalized spacial score (nSPS) is 20.2. The van der Waals surface area contributed by atoms with E-state index in [9.17, 15) is 18.0 Å². The number of nitrogens with zero attached hydrogens (tertiary/aromatic N) is 7. The van der Waals surface area contributed by atoms with Crippen LogP contribution in [0, 0.1) is 5.41 Å². The average molecular weight is 475 g/mol. The minimum atomic E-state index is -4.46. The van der Waals surface area contributed by atoms with E-state index in [1.807, 2.05) is 11.8 Å². The van der Waals surface area contributed by atoms with Gasteiger partial charge in [-0.1, -0.05) is 0 Å². The molecule has 1 spiro atoms. The van der Waals surface area contributed by atoms with Gasteiger partial charge in [0, 0.05) is 50.0 Å². The molecule has 6 heterocycles. The molecule has 3 aromatic heterocycles. The van der Waals surface area contributed by atoms with Crippen LogP contribution in [-0.2, 0) is 17.5 Å². The molecule has 0 unspecified atom stereocenters. The molecule has 0 bridgehead atoms. The topological polar surface area (TPSA) is 81.3 Å². The summed E-state index contributed by atoms with van der Waals surface area (Å²) in [4.78, 5) is 29.9. The van der Waals surface area contributed by atoms with Crippen LogP contribution in [-0.4, -0.2) is 63.5 Å². The number of imidazole rings is 1. The quantitative estimate of drug-likeness (QED) is 0.573. The molecular weight excluding hydrogens is 451 g/mol. The van der Waals surface area contributed by atoms with Gasteiger partial charge in [-0.05, 0) is 25.5 Å². The van der Waals surface area contributed by atoms with Crippen molar-refractivity contribution in [1.82, 2.24) is 24.1 Å². The predicted molar refractivity (Wildman–Crippen MR) is 118 cm³/mol. The predicted octanol–water partition coefficient (Wildman–Crippen LogP) is 2.31. The SMILES string of the molecule is CCn1c(=O)n(C2COC2)c2nc(N3CCC4(CN(c5ccnc(C(F)(F)F)c5)C4)C3)cnc21. The van der Waals surface area contributed by atoms with E-state index in [0.29, 0.717) is 55.6 Å². The number of halogens is 3. The van der Waals surface area contributed by atoms with Crippen LogP contribution in [0.3, 0.4) is 0 Å². The molecule has 3 aromatic rings. The van der Waals surface area contributed by atoms with E-state index in [4.69, 9.17) is 9.72 Å². The third-order valence-corrected chi connectivity index (χ3v) is 7.16. The second-order valence-corrected chi connectivity index (χ2v) is 9.39. The van der Waals surface area contributed by atoms with Gasteiger partial charge in [0.15, 0.2) is 11.3 Å². The maximum atomic E-state index is 13.0. The number of pyridine rings is 1. The van der Waals surface area contributed by atoms with Gasteiger partial charge in [0.05, 0.1) is 25.5 Å². The first-order valence-electron chi connectivity index (χ1n) is 11.4. The van der Waals surface area contributed by atoms with Gasteiger partial charge in [-0.3, -0.25) is 14.1 Å². The zero-order valence-electron chi connectivity index (χ0n) is 18.6. The van der Waals surface area contributed by atoms with Crippen LogP contribution in [0.2, 0.25) is 0 Å². The fraction of sp³-hybridized carbons (Fsp3) is 0.545. The highest BCUT2D eigenvalue weighted by atomic mass is 19.4. The van der Waals surface area contributed by atoms with E-state index < -0.39 is 11.9 Å². The maximum Gasteiger partial charge on any atom is 0.433 e. The molecule has 6 rings (SSSR count). The van der Waals surface area contributed by atoms with Gasteiger partial charge in [-0.15, -0.1) is 0 Å². The Kier molecular flexibility index (Phi) is 4.67. The fourth-order valence-electron chi connectivity index (χ4n) is 5.27. The number of ether oxygens (including phenoxy) is 1. The summed E-state index contributed by atoms with van der Waals surface area (Å²) in [6, 6.07) is 2.70. The second kappa shape index (κ2) is 7.42. The Morgan fingerprint density at radius 2 is 1.91 bits per heavy atom. The Bertz CT molecular complexity index is 1310. The smallest absolute Gasteiger partial charge is 0.377 e. The van der Waals surface area contributed by atoms with E-state index >= 15 is 0 Å². The van der Waals surface area contributed by atoms with Crippen LogP contribution in [0.1, 0.15) is 25.1 Å². The van der Waals surface area contributed by atoms with Crippen LogP contribution in [0.4, 0.5) is 24.7 Å². The minimum absolute atomic E-state index is 0.00483. The zero-order valence-corrected chi connectivity index (χ0v) is 18.6. The Labute approximate surface area is 192 Å². The van der Waals surface area contributed by atoms with Crippen molar-refractivity contribution in [2.75, 3.05) is 49.2 Å². The monoisotopic (exact) mass is 475 g/mol. The molecule has 12 heteroatoms. The summed E-state index contributed by atoms with van der Waals surface area (Å²) in [5.41, 5.74) is 0.695. The summed E-state index contributed by atoms with van der Waals surface area (Å²) in [6.07, 6.45) is -0.615. The van der Waals surface area contributed by atoms with E-state index in [1.54, 1.807) is 21.4 Å². The number of hydrogen-bond acceptors (Lipinski definition) is 7. The van der Waals surface area contributed by atoms with Gasteiger partial charge in [0.25, 0.3) is 0 Å². The van der Waals surface area contributed by atoms with Crippen molar-refractivity contribution in [2.24, 2.45) is 5.41 Å². The zero-order chi connectivity index (χ0) is 23.7. The van der Waals surface area contributed by atoms with Crippen molar-refractivity contribution in [3.05, 3.63) is 40.7 Å². The van der Waals surface area contributed by atoms with Crippen molar-refractivity contribution in [2.45, 2.75) is 32.1 Å². The Morgan fingerprint density at radius 3 is 2.59 bits per heavy atom. The number of aryl methyl sites for hydroxylation is 1. The van der Waals surface area contributed by atoms with Gasteiger partial charge in [0.1, 0.15) is 11.5 Å². The Balaban J connectivity index is 1.22. The summed E-state index contributed by atoms with van der Waals surface area (Å²) in [7, 11) is 0. The highest BCUT2D eigenvalue weighted by Crippen LogP contribution is 2.43. The first-order valence-corrected chi connectivity index (χ1v) is 11.4. The molecule has 0 atom stereocenters. The standard InChI is InChI=1S/C22H24F3N7O2/c1-2-31-18-19(32(20(31)33)15-9-34-10-15)28-17(8-27-18)29-6-4-21(11-29)12-30(13-21)14-3-5-26-16(7-14)22(23,24)25/h3,5,7-8,15H,2,4,6,9-13H2,1H3. The summed E-state index contributed by atoms with van der Waals surface area (Å²) < 4.78 is 47.7. The van der Waals surface area contributed by atoms with E-state index in [-0.39, 0.29) is 17.1 Å². The lowest BCUT2D eigenvalue weighted by Crippen LogP contribution is -2.57. The van der Waals surface area contributed by atoms with Gasteiger partial charge < -0.3 is 14.5 Å². The van der Waals surface area contributed by atoms with Crippen LogP contribution < -0.4 is 15.5 Å². The number of anilines is 2. The molecule has 0 aliphatic carbocycles. The summed E-state index contributed by atoms with van der Waals surface area (Å²) in [5, 5.41) is 0. The van der Waals surface area contributed by atoms with E-state index in [2.05, 4.69) is 14.9 Å². The third kappa shape index (κ3) is 3.26. The fourth-order valence-corrected chi connectivity index (χ4v) is 5.27. The van der Waals surface area contributed by atoms with Gasteiger partial charge in [-0.25, -0.2) is 14.8 Å². The molecule has 3 saturated heterocycles. The van der Waals surface area contributed by atoms with Crippen LogP contribution in [0.5, 0.6) is 0 Å². The highest BCUT2D eigenvalue weighted by molar-refractivity contribution is 5.69. The lowest BCUT2D eigenvalue weighted by molar-refractivity contribution is -0.141. The van der Waals surface area contributed by atoms with Crippen molar-refractivity contribution in [1.29, 1.82) is 0 Å². The maximum absolute atomic E-state index is 13.0. The first kappa shape index (κ1) is 21.4. The second-order valence-electron chi connectivity index (χ2n) is 9.39. The van der Waals surface area contributed by atoms with Crippen LogP contribution in [0.15, 0.2) is 29.3 Å². The molecule has 3 aliphatic heterocycles. The summed E-state index contributed by atoms with van der Waals surface area (Å²) >= 11 is 0. The number of hydrogen-bond donors (Lipinski definition) is 0. The van der Waals surface area contributed by atoms with Gasteiger partial charge in [-0.2, -0.15) is 13.2 Å². The molecule has 0 radical (unpaired) electrons. The van der Waals surface area contributed by atoms with E-state index in [0.717, 1.165) is 25.6 Å². The molecule has 34 heavy (non-hydrogen) atoms. The Morgan fingerprint density at radius 1 is 1.15 bits per heavy atom. The first-order chi connectivity index (χ1) is 16.3. The largest absolute Gasteiger partial charge is 0.433 e. The molecule has 180 valence electrons. The number of alkyl halides is 3. The van der Waals surface area contributed by atoms with Gasteiger partial charge in [0.2, 0.25) is 0 Å². The average Bonchev–Trinajstić information content (AvgIpc) is 3.31.